The van der Waals surface area contributed by atoms with Crippen molar-refractivity contribution in [1.82, 2.24) is 5.32 Å². The number of benzene rings is 2. The first kappa shape index (κ1) is 20.6. The lowest BCUT2D eigenvalue weighted by Crippen LogP contribution is -2.37. The lowest BCUT2D eigenvalue weighted by atomic mass is 10.1. The summed E-state index contributed by atoms with van der Waals surface area (Å²) in [6.07, 6.45) is 1.88. The van der Waals surface area contributed by atoms with E-state index in [9.17, 15) is 19.7 Å². The fourth-order valence-electron chi connectivity index (χ4n) is 2.72. The molecule has 156 valence electrons. The molecule has 0 aliphatic carbocycles. The Labute approximate surface area is 171 Å². The number of ether oxygens (including phenoxy) is 3. The second-order valence-corrected chi connectivity index (χ2v) is 6.19. The molecule has 30 heavy (non-hydrogen) atoms. The number of allylic oxidation sites excluding steroid dienone is 1. The summed E-state index contributed by atoms with van der Waals surface area (Å²) >= 11 is 0. The van der Waals surface area contributed by atoms with Gasteiger partial charge in [0.2, 0.25) is 0 Å². The molecular weight excluding hydrogens is 394 g/mol. The van der Waals surface area contributed by atoms with Crippen LogP contribution >= 0.6 is 0 Å². The molecule has 1 aliphatic heterocycles. The first-order valence-corrected chi connectivity index (χ1v) is 8.98. The van der Waals surface area contributed by atoms with Crippen molar-refractivity contribution in [2.75, 3.05) is 25.1 Å². The molecule has 0 saturated heterocycles. The van der Waals surface area contributed by atoms with Crippen LogP contribution in [-0.2, 0) is 11.2 Å². The second kappa shape index (κ2) is 9.41. The Kier molecular flexibility index (Phi) is 6.48. The zero-order valence-corrected chi connectivity index (χ0v) is 15.9. The third-order valence-electron chi connectivity index (χ3n) is 4.03. The van der Waals surface area contributed by atoms with E-state index >= 15 is 0 Å². The summed E-state index contributed by atoms with van der Waals surface area (Å²) < 4.78 is 16.3. The van der Waals surface area contributed by atoms with Gasteiger partial charge in [0.25, 0.3) is 11.6 Å². The number of rotatable bonds is 7. The van der Waals surface area contributed by atoms with E-state index in [1.807, 2.05) is 0 Å². The third kappa shape index (κ3) is 5.25. The number of hydrogen-bond donors (Lipinski definition) is 2. The van der Waals surface area contributed by atoms with Gasteiger partial charge in [0.1, 0.15) is 19.0 Å². The molecule has 3 rings (SSSR count). The van der Waals surface area contributed by atoms with E-state index < -0.39 is 23.5 Å². The van der Waals surface area contributed by atoms with Crippen molar-refractivity contribution in [2.24, 2.45) is 0 Å². The van der Waals surface area contributed by atoms with Gasteiger partial charge in [-0.2, -0.15) is 0 Å². The molecule has 2 aromatic carbocycles. The number of amides is 3. The Morgan fingerprint density at radius 3 is 2.67 bits per heavy atom. The second-order valence-electron chi connectivity index (χ2n) is 6.19. The maximum Gasteiger partial charge on any atom is 0.325 e. The average Bonchev–Trinajstić information content (AvgIpc) is 2.72. The highest BCUT2D eigenvalue weighted by atomic mass is 16.6. The number of hydrogen-bond acceptors (Lipinski definition) is 7. The molecule has 3 amide bonds. The Balaban J connectivity index is 1.55. The van der Waals surface area contributed by atoms with E-state index in [0.717, 1.165) is 0 Å². The molecule has 1 heterocycles. The minimum Gasteiger partial charge on any atom is -0.486 e. The van der Waals surface area contributed by atoms with Crippen LogP contribution in [0.25, 0.3) is 0 Å². The fraction of sp³-hybridized carbons (Fsp3) is 0.200. The molecule has 0 fully saturated rings. The largest absolute Gasteiger partial charge is 0.486 e. The van der Waals surface area contributed by atoms with Crippen LogP contribution in [0.1, 0.15) is 5.56 Å². The highest BCUT2D eigenvalue weighted by Gasteiger charge is 2.15. The van der Waals surface area contributed by atoms with Gasteiger partial charge in [0.05, 0.1) is 4.92 Å². The Hall–Kier alpha value is -4.08. The van der Waals surface area contributed by atoms with Crippen LogP contribution in [0.15, 0.2) is 49.1 Å². The quantitative estimate of drug-likeness (QED) is 0.406. The number of carbonyl (C=O) groups is 2. The van der Waals surface area contributed by atoms with Crippen molar-refractivity contribution in [3.05, 3.63) is 64.7 Å². The number of urea groups is 1. The fourth-order valence-corrected chi connectivity index (χ4v) is 2.72. The van der Waals surface area contributed by atoms with E-state index in [2.05, 4.69) is 17.2 Å². The van der Waals surface area contributed by atoms with Crippen molar-refractivity contribution >= 4 is 23.3 Å². The molecule has 0 radical (unpaired) electrons. The summed E-state index contributed by atoms with van der Waals surface area (Å²) in [7, 11) is 0. The number of fused-ring (bicyclic) bond motifs is 1. The summed E-state index contributed by atoms with van der Waals surface area (Å²) in [5.41, 5.74) is 0.837. The first-order chi connectivity index (χ1) is 14.5. The van der Waals surface area contributed by atoms with E-state index in [-0.39, 0.29) is 5.69 Å². The van der Waals surface area contributed by atoms with E-state index in [4.69, 9.17) is 14.2 Å². The van der Waals surface area contributed by atoms with Gasteiger partial charge in [-0.3, -0.25) is 20.2 Å². The third-order valence-corrected chi connectivity index (χ3v) is 4.03. The van der Waals surface area contributed by atoms with Gasteiger partial charge in [0.15, 0.2) is 18.1 Å². The number of imide groups is 1. The predicted octanol–water partition coefficient (Wildman–Crippen LogP) is 2.82. The zero-order valence-electron chi connectivity index (χ0n) is 15.9. The van der Waals surface area contributed by atoms with E-state index in [1.165, 1.54) is 18.2 Å². The summed E-state index contributed by atoms with van der Waals surface area (Å²) in [4.78, 5) is 34.4. The van der Waals surface area contributed by atoms with Gasteiger partial charge in [-0.25, -0.2) is 4.79 Å². The SMILES string of the molecule is C=CCc1cc([N+](=O)[O-])ccc1OCC(=O)NC(=O)Nc1ccc2c(c1)OCCO2. The van der Waals surface area contributed by atoms with Gasteiger partial charge in [-0.05, 0) is 24.6 Å². The van der Waals surface area contributed by atoms with E-state index in [0.29, 0.717) is 48.1 Å². The molecule has 0 saturated carbocycles. The number of nitrogens with one attached hydrogen (secondary N) is 2. The van der Waals surface area contributed by atoms with Gasteiger partial charge < -0.3 is 19.5 Å². The molecule has 2 N–H and O–H groups in total. The molecule has 2 aromatic rings. The van der Waals surface area contributed by atoms with Gasteiger partial charge in [-0.1, -0.05) is 6.08 Å². The zero-order chi connectivity index (χ0) is 21.5. The minimum atomic E-state index is -0.740. The van der Waals surface area contributed by atoms with Crippen LogP contribution in [0.4, 0.5) is 16.2 Å². The lowest BCUT2D eigenvalue weighted by Gasteiger charge is -2.19. The molecule has 10 nitrogen and oxygen atoms in total. The van der Waals surface area contributed by atoms with Crippen molar-refractivity contribution in [2.45, 2.75) is 6.42 Å². The number of anilines is 1. The number of nitro benzene ring substituents is 1. The maximum atomic E-state index is 12.0. The molecule has 0 aromatic heterocycles. The topological polar surface area (TPSA) is 129 Å². The van der Waals surface area contributed by atoms with Crippen molar-refractivity contribution in [3.63, 3.8) is 0 Å². The smallest absolute Gasteiger partial charge is 0.325 e. The summed E-state index contributed by atoms with van der Waals surface area (Å²) in [6.45, 7) is 4.02. The highest BCUT2D eigenvalue weighted by Crippen LogP contribution is 2.32. The molecule has 0 bridgehead atoms. The normalized spacial score (nSPS) is 11.9. The number of nitro groups is 1. The minimum absolute atomic E-state index is 0.0949. The van der Waals surface area contributed by atoms with Crippen LogP contribution in [0, 0.1) is 10.1 Å². The van der Waals surface area contributed by atoms with Crippen molar-refractivity contribution in [1.29, 1.82) is 0 Å². The average molecular weight is 413 g/mol. The van der Waals surface area contributed by atoms with Gasteiger partial charge in [0, 0.05) is 29.4 Å². The predicted molar refractivity (Wildman–Crippen MR) is 107 cm³/mol. The monoisotopic (exact) mass is 413 g/mol. The van der Waals surface area contributed by atoms with E-state index in [1.54, 1.807) is 24.3 Å². The number of carbonyl (C=O) groups excluding carboxylic acids is 2. The van der Waals surface area contributed by atoms with Crippen LogP contribution in [0.3, 0.4) is 0 Å². The van der Waals surface area contributed by atoms with Gasteiger partial charge in [-0.15, -0.1) is 6.58 Å². The summed E-state index contributed by atoms with van der Waals surface area (Å²) in [5, 5.41) is 15.6. The van der Waals surface area contributed by atoms with Crippen LogP contribution in [-0.4, -0.2) is 36.7 Å². The van der Waals surface area contributed by atoms with Gasteiger partial charge >= 0.3 is 6.03 Å². The molecule has 10 heteroatoms. The highest BCUT2D eigenvalue weighted by molar-refractivity contribution is 6.01. The molecule has 1 aliphatic rings. The summed E-state index contributed by atoms with van der Waals surface area (Å²) in [5.74, 6) is 0.688. The molecule has 0 atom stereocenters. The first-order valence-electron chi connectivity index (χ1n) is 8.98. The standard InChI is InChI=1S/C20H19N3O7/c1-2-3-13-10-15(23(26)27)5-7-16(13)30-12-19(24)22-20(25)21-14-4-6-17-18(11-14)29-9-8-28-17/h2,4-7,10-11H,1,3,8-9,12H2,(H2,21,22,24,25). The molecule has 0 unspecified atom stereocenters. The Morgan fingerprint density at radius 2 is 1.93 bits per heavy atom. The van der Waals surface area contributed by atoms with Crippen LogP contribution in [0.5, 0.6) is 17.2 Å². The Bertz CT molecular complexity index is 990. The number of non-ortho nitro benzene ring substituents is 1. The van der Waals surface area contributed by atoms with Crippen molar-refractivity contribution < 1.29 is 28.7 Å². The lowest BCUT2D eigenvalue weighted by molar-refractivity contribution is -0.384. The summed E-state index contributed by atoms with van der Waals surface area (Å²) in [6, 6.07) is 8.15. The maximum absolute atomic E-state index is 12.0. The molecule has 0 spiro atoms. The Morgan fingerprint density at radius 1 is 1.17 bits per heavy atom. The molecular formula is C20H19N3O7. The van der Waals surface area contributed by atoms with Crippen molar-refractivity contribution in [3.8, 4) is 17.2 Å². The van der Waals surface area contributed by atoms with Crippen LogP contribution in [0.2, 0.25) is 0 Å². The van der Waals surface area contributed by atoms with Crippen LogP contribution < -0.4 is 24.8 Å². The number of nitrogens with zero attached hydrogens (tertiary/aromatic N) is 1.